The maximum absolute atomic E-state index is 12.6. The van der Waals surface area contributed by atoms with Crippen molar-refractivity contribution in [3.8, 4) is 0 Å². The third-order valence-corrected chi connectivity index (χ3v) is 4.46. The summed E-state index contributed by atoms with van der Waals surface area (Å²) in [6.07, 6.45) is 1.49. The van der Waals surface area contributed by atoms with Crippen molar-refractivity contribution < 1.29 is 18.0 Å². The molecule has 0 heterocycles. The number of carbonyl (C=O) groups excluding carboxylic acids is 2. The molecule has 0 spiro atoms. The predicted octanol–water partition coefficient (Wildman–Crippen LogP) is 2.08. The van der Waals surface area contributed by atoms with Crippen molar-refractivity contribution in [3.63, 3.8) is 0 Å². The number of sulfone groups is 1. The highest BCUT2D eigenvalue weighted by Crippen LogP contribution is 2.14. The lowest BCUT2D eigenvalue weighted by molar-refractivity contribution is 0.0942. The average molecular weight is 345 g/mol. The molecule has 0 saturated carbocycles. The average Bonchev–Trinajstić information content (AvgIpc) is 2.58. The van der Waals surface area contributed by atoms with E-state index < -0.39 is 9.84 Å². The SMILES string of the molecule is CS(=O)(=O)CCCNC(=O)c1ccccc1C(=O)c1ccccc1. The number of nitrogens with one attached hydrogen (secondary N) is 1. The number of hydrogen-bond acceptors (Lipinski definition) is 4. The molecule has 0 aliphatic heterocycles. The summed E-state index contributed by atoms with van der Waals surface area (Å²) < 4.78 is 22.2. The van der Waals surface area contributed by atoms with Crippen molar-refractivity contribution in [2.75, 3.05) is 18.6 Å². The van der Waals surface area contributed by atoms with E-state index in [0.29, 0.717) is 17.5 Å². The summed E-state index contributed by atoms with van der Waals surface area (Å²) in [6, 6.07) is 15.3. The van der Waals surface area contributed by atoms with Gasteiger partial charge in [0.15, 0.2) is 5.78 Å². The Morgan fingerprint density at radius 1 is 0.917 bits per heavy atom. The Labute approximate surface area is 141 Å². The van der Waals surface area contributed by atoms with Crippen molar-refractivity contribution in [1.82, 2.24) is 5.32 Å². The van der Waals surface area contributed by atoms with Crippen LogP contribution in [0.15, 0.2) is 54.6 Å². The monoisotopic (exact) mass is 345 g/mol. The molecule has 2 aromatic rings. The standard InChI is InChI=1S/C18H19NO4S/c1-24(22,23)13-7-12-19-18(21)16-11-6-5-10-15(16)17(20)14-8-3-2-4-9-14/h2-6,8-11H,7,12-13H2,1H3,(H,19,21). The molecule has 0 aliphatic rings. The molecule has 2 aromatic carbocycles. The molecule has 6 heteroatoms. The highest BCUT2D eigenvalue weighted by molar-refractivity contribution is 7.90. The minimum Gasteiger partial charge on any atom is -0.352 e. The maximum atomic E-state index is 12.6. The van der Waals surface area contributed by atoms with Gasteiger partial charge in [0.05, 0.1) is 11.3 Å². The Kier molecular flexibility index (Phi) is 5.87. The first-order chi connectivity index (χ1) is 11.4. The van der Waals surface area contributed by atoms with Gasteiger partial charge >= 0.3 is 0 Å². The zero-order valence-corrected chi connectivity index (χ0v) is 14.2. The molecule has 0 aliphatic carbocycles. The summed E-state index contributed by atoms with van der Waals surface area (Å²) in [6.45, 7) is 0.236. The minimum atomic E-state index is -3.05. The van der Waals surface area contributed by atoms with Crippen molar-refractivity contribution in [2.24, 2.45) is 0 Å². The van der Waals surface area contributed by atoms with Crippen LogP contribution in [0.5, 0.6) is 0 Å². The number of ketones is 1. The lowest BCUT2D eigenvalue weighted by Gasteiger charge is -2.09. The molecule has 1 N–H and O–H groups in total. The number of carbonyl (C=O) groups is 2. The maximum Gasteiger partial charge on any atom is 0.252 e. The van der Waals surface area contributed by atoms with Crippen LogP contribution in [0.2, 0.25) is 0 Å². The van der Waals surface area contributed by atoms with E-state index in [1.807, 2.05) is 6.07 Å². The van der Waals surface area contributed by atoms with Crippen LogP contribution in [-0.4, -0.2) is 38.7 Å². The fourth-order valence-corrected chi connectivity index (χ4v) is 2.92. The van der Waals surface area contributed by atoms with E-state index in [0.717, 1.165) is 6.26 Å². The van der Waals surface area contributed by atoms with Gasteiger partial charge < -0.3 is 5.32 Å². The van der Waals surface area contributed by atoms with E-state index in [9.17, 15) is 18.0 Å². The van der Waals surface area contributed by atoms with Gasteiger partial charge in [-0.05, 0) is 12.5 Å². The van der Waals surface area contributed by atoms with E-state index in [1.54, 1.807) is 48.5 Å². The van der Waals surface area contributed by atoms with Gasteiger partial charge in [-0.1, -0.05) is 48.5 Å². The molecule has 0 radical (unpaired) electrons. The Hall–Kier alpha value is -2.47. The molecule has 0 bridgehead atoms. The fourth-order valence-electron chi connectivity index (χ4n) is 2.26. The second kappa shape index (κ2) is 7.88. The summed E-state index contributed by atoms with van der Waals surface area (Å²) >= 11 is 0. The van der Waals surface area contributed by atoms with Crippen LogP contribution in [0.1, 0.15) is 32.7 Å². The first-order valence-corrected chi connectivity index (χ1v) is 9.59. The first kappa shape index (κ1) is 17.9. The second-order valence-electron chi connectivity index (χ2n) is 5.48. The first-order valence-electron chi connectivity index (χ1n) is 7.53. The molecule has 0 atom stereocenters. The summed E-state index contributed by atoms with van der Waals surface area (Å²) in [7, 11) is -3.05. The summed E-state index contributed by atoms with van der Waals surface area (Å²) in [5, 5.41) is 2.66. The van der Waals surface area contributed by atoms with Gasteiger partial charge in [0.25, 0.3) is 5.91 Å². The third-order valence-electron chi connectivity index (χ3n) is 3.43. The third kappa shape index (κ3) is 5.03. The van der Waals surface area contributed by atoms with Crippen LogP contribution < -0.4 is 5.32 Å². The number of rotatable bonds is 7. The van der Waals surface area contributed by atoms with Crippen LogP contribution in [0.25, 0.3) is 0 Å². The molecule has 5 nitrogen and oxygen atoms in total. The van der Waals surface area contributed by atoms with Gasteiger partial charge in [0.1, 0.15) is 9.84 Å². The van der Waals surface area contributed by atoms with E-state index in [-0.39, 0.29) is 29.6 Å². The Morgan fingerprint density at radius 3 is 2.12 bits per heavy atom. The molecule has 0 fully saturated rings. The molecule has 24 heavy (non-hydrogen) atoms. The van der Waals surface area contributed by atoms with Gasteiger partial charge in [-0.2, -0.15) is 0 Å². The van der Waals surface area contributed by atoms with Gasteiger partial charge in [0.2, 0.25) is 0 Å². The van der Waals surface area contributed by atoms with Crippen LogP contribution in [0.4, 0.5) is 0 Å². The summed E-state index contributed by atoms with van der Waals surface area (Å²) in [5.74, 6) is -0.599. The smallest absolute Gasteiger partial charge is 0.252 e. The Morgan fingerprint density at radius 2 is 1.50 bits per heavy atom. The number of benzene rings is 2. The quantitative estimate of drug-likeness (QED) is 0.615. The summed E-state index contributed by atoms with van der Waals surface area (Å²) in [5.41, 5.74) is 1.12. The van der Waals surface area contributed by atoms with Crippen molar-refractivity contribution in [2.45, 2.75) is 6.42 Å². The summed E-state index contributed by atoms with van der Waals surface area (Å²) in [4.78, 5) is 24.9. The van der Waals surface area contributed by atoms with E-state index in [4.69, 9.17) is 0 Å². The zero-order chi connectivity index (χ0) is 17.6. The highest BCUT2D eigenvalue weighted by Gasteiger charge is 2.17. The highest BCUT2D eigenvalue weighted by atomic mass is 32.2. The van der Waals surface area contributed by atoms with Gasteiger partial charge in [-0.15, -0.1) is 0 Å². The molecule has 0 aromatic heterocycles. The van der Waals surface area contributed by atoms with Gasteiger partial charge in [-0.3, -0.25) is 9.59 Å². The van der Waals surface area contributed by atoms with Crippen molar-refractivity contribution in [1.29, 1.82) is 0 Å². The molecule has 0 saturated heterocycles. The molecule has 1 amide bonds. The molecule has 2 rings (SSSR count). The van der Waals surface area contributed by atoms with Crippen LogP contribution >= 0.6 is 0 Å². The van der Waals surface area contributed by atoms with Crippen LogP contribution in [0.3, 0.4) is 0 Å². The van der Waals surface area contributed by atoms with Crippen molar-refractivity contribution >= 4 is 21.5 Å². The lowest BCUT2D eigenvalue weighted by atomic mass is 9.98. The fraction of sp³-hybridized carbons (Fsp3) is 0.222. The minimum absolute atomic E-state index is 0.0118. The Bertz CT molecular complexity index is 829. The predicted molar refractivity (Wildman–Crippen MR) is 93.0 cm³/mol. The van der Waals surface area contributed by atoms with Crippen molar-refractivity contribution in [3.05, 3.63) is 71.3 Å². The van der Waals surface area contributed by atoms with Crippen LogP contribution in [0, 0.1) is 0 Å². The van der Waals surface area contributed by atoms with Crippen LogP contribution in [-0.2, 0) is 9.84 Å². The Balaban J connectivity index is 2.11. The molecular formula is C18H19NO4S. The topological polar surface area (TPSA) is 80.3 Å². The second-order valence-corrected chi connectivity index (χ2v) is 7.74. The zero-order valence-electron chi connectivity index (χ0n) is 13.4. The molecular weight excluding hydrogens is 326 g/mol. The largest absolute Gasteiger partial charge is 0.352 e. The molecule has 126 valence electrons. The number of hydrogen-bond donors (Lipinski definition) is 1. The number of amides is 1. The van der Waals surface area contributed by atoms with E-state index in [1.165, 1.54) is 0 Å². The molecule has 0 unspecified atom stereocenters. The van der Waals surface area contributed by atoms with Gasteiger partial charge in [0, 0.05) is 23.9 Å². The van der Waals surface area contributed by atoms with E-state index >= 15 is 0 Å². The van der Waals surface area contributed by atoms with E-state index in [2.05, 4.69) is 5.32 Å². The lowest BCUT2D eigenvalue weighted by Crippen LogP contribution is -2.27. The van der Waals surface area contributed by atoms with Gasteiger partial charge in [-0.25, -0.2) is 8.42 Å². The normalized spacial score (nSPS) is 11.0.